The Balaban J connectivity index is 1.95. The van der Waals surface area contributed by atoms with Crippen LogP contribution in [-0.4, -0.2) is 12.6 Å². The molecule has 1 aromatic carbocycles. The number of hydrogen-bond acceptors (Lipinski definition) is 2. The minimum atomic E-state index is -0.251. The minimum absolute atomic E-state index is 0.251. The van der Waals surface area contributed by atoms with Gasteiger partial charge in [0.2, 0.25) is 0 Å². The molecule has 2 nitrogen and oxygen atoms in total. The van der Waals surface area contributed by atoms with E-state index in [1.54, 1.807) is 6.07 Å². The molecule has 3 heteroatoms. The van der Waals surface area contributed by atoms with Crippen LogP contribution in [0, 0.1) is 11.7 Å². The maximum absolute atomic E-state index is 13.9. The summed E-state index contributed by atoms with van der Waals surface area (Å²) in [5.41, 5.74) is 0.926. The lowest BCUT2D eigenvalue weighted by atomic mass is 10.1. The fraction of sp³-hybridized carbons (Fsp3) is 0.625. The fourth-order valence-electron chi connectivity index (χ4n) is 2.20. The van der Waals surface area contributed by atoms with E-state index in [0.29, 0.717) is 30.9 Å². The van der Waals surface area contributed by atoms with E-state index in [1.807, 2.05) is 6.07 Å². The average Bonchev–Trinajstić information content (AvgIpc) is 3.19. The van der Waals surface area contributed by atoms with Gasteiger partial charge in [-0.3, -0.25) is 0 Å². The second kappa shape index (κ2) is 6.90. The number of ether oxygens (including phenoxy) is 1. The van der Waals surface area contributed by atoms with Gasteiger partial charge in [0.25, 0.3) is 0 Å². The summed E-state index contributed by atoms with van der Waals surface area (Å²) < 4.78 is 19.6. The molecule has 2 rings (SSSR count). The standard InChI is InChI=1S/C16H24FNO/c1-3-5-12(2)11-19-16-13(6-4-7-15(16)17)10-18-14-8-9-14/h4,6-7,12,14,18H,3,5,8-11H2,1-2H3. The van der Waals surface area contributed by atoms with E-state index in [1.165, 1.54) is 18.9 Å². The number of halogens is 1. The summed E-state index contributed by atoms with van der Waals surface area (Å²) >= 11 is 0. The van der Waals surface area contributed by atoms with Crippen molar-refractivity contribution in [3.05, 3.63) is 29.6 Å². The van der Waals surface area contributed by atoms with Gasteiger partial charge < -0.3 is 10.1 Å². The van der Waals surface area contributed by atoms with Gasteiger partial charge in [-0.25, -0.2) is 4.39 Å². The van der Waals surface area contributed by atoms with Gasteiger partial charge in [0.05, 0.1) is 6.61 Å². The molecule has 106 valence electrons. The summed E-state index contributed by atoms with van der Waals surface area (Å²) in [5, 5.41) is 3.41. The van der Waals surface area contributed by atoms with Crippen LogP contribution in [-0.2, 0) is 6.54 Å². The van der Waals surface area contributed by atoms with Crippen molar-refractivity contribution in [2.45, 2.75) is 52.1 Å². The largest absolute Gasteiger partial charge is 0.490 e. The molecular formula is C16H24FNO. The van der Waals surface area contributed by atoms with Crippen molar-refractivity contribution in [1.29, 1.82) is 0 Å². The molecule has 1 N–H and O–H groups in total. The first-order valence-electron chi connectivity index (χ1n) is 7.34. The zero-order valence-electron chi connectivity index (χ0n) is 11.9. The van der Waals surface area contributed by atoms with E-state index in [0.717, 1.165) is 18.4 Å². The lowest BCUT2D eigenvalue weighted by molar-refractivity contribution is 0.239. The van der Waals surface area contributed by atoms with E-state index in [9.17, 15) is 4.39 Å². The molecule has 1 aliphatic rings. The Labute approximate surface area is 115 Å². The highest BCUT2D eigenvalue weighted by Crippen LogP contribution is 2.25. The van der Waals surface area contributed by atoms with Crippen molar-refractivity contribution < 1.29 is 9.13 Å². The molecule has 0 saturated heterocycles. The number of hydrogen-bond donors (Lipinski definition) is 1. The lowest BCUT2D eigenvalue weighted by Gasteiger charge is -2.16. The highest BCUT2D eigenvalue weighted by molar-refractivity contribution is 5.35. The third-order valence-electron chi connectivity index (χ3n) is 3.50. The maximum atomic E-state index is 13.9. The van der Waals surface area contributed by atoms with Gasteiger partial charge >= 0.3 is 0 Å². The molecule has 0 aliphatic heterocycles. The van der Waals surface area contributed by atoms with Crippen molar-refractivity contribution in [3.8, 4) is 5.75 Å². The third kappa shape index (κ3) is 4.50. The third-order valence-corrected chi connectivity index (χ3v) is 3.50. The van der Waals surface area contributed by atoms with Crippen molar-refractivity contribution in [3.63, 3.8) is 0 Å². The van der Waals surface area contributed by atoms with Gasteiger partial charge in [0.1, 0.15) is 0 Å². The first-order chi connectivity index (χ1) is 9.20. The molecule has 0 heterocycles. The normalized spacial score (nSPS) is 16.4. The molecule has 1 aromatic rings. The Morgan fingerprint density at radius 3 is 2.89 bits per heavy atom. The number of benzene rings is 1. The summed E-state index contributed by atoms with van der Waals surface area (Å²) in [7, 11) is 0. The van der Waals surface area contributed by atoms with E-state index < -0.39 is 0 Å². The average molecular weight is 265 g/mol. The predicted molar refractivity (Wildman–Crippen MR) is 75.8 cm³/mol. The van der Waals surface area contributed by atoms with Crippen LogP contribution in [0.3, 0.4) is 0 Å². The van der Waals surface area contributed by atoms with Crippen LogP contribution in [0.4, 0.5) is 4.39 Å². The number of para-hydroxylation sites is 1. The molecule has 0 radical (unpaired) electrons. The van der Waals surface area contributed by atoms with Gasteiger partial charge in [-0.15, -0.1) is 0 Å². The second-order valence-corrected chi connectivity index (χ2v) is 5.59. The Bertz CT molecular complexity index is 404. The topological polar surface area (TPSA) is 21.3 Å². The first-order valence-corrected chi connectivity index (χ1v) is 7.34. The zero-order valence-corrected chi connectivity index (χ0v) is 11.9. The molecule has 1 unspecified atom stereocenters. The molecule has 19 heavy (non-hydrogen) atoms. The summed E-state index contributed by atoms with van der Waals surface area (Å²) in [4.78, 5) is 0. The molecule has 1 aliphatic carbocycles. The summed E-state index contributed by atoms with van der Waals surface area (Å²) in [5.74, 6) is 0.645. The van der Waals surface area contributed by atoms with Crippen molar-refractivity contribution in [2.75, 3.05) is 6.61 Å². The summed E-state index contributed by atoms with van der Waals surface area (Å²) in [6.45, 7) is 5.59. The SMILES string of the molecule is CCCC(C)COc1c(F)cccc1CNC1CC1. The molecule has 0 aromatic heterocycles. The molecular weight excluding hydrogens is 241 g/mol. The van der Waals surface area contributed by atoms with E-state index in [2.05, 4.69) is 19.2 Å². The van der Waals surface area contributed by atoms with Crippen LogP contribution in [0.2, 0.25) is 0 Å². The highest BCUT2D eigenvalue weighted by Gasteiger charge is 2.21. The van der Waals surface area contributed by atoms with Crippen LogP contribution >= 0.6 is 0 Å². The zero-order chi connectivity index (χ0) is 13.7. The van der Waals surface area contributed by atoms with Crippen molar-refractivity contribution in [1.82, 2.24) is 5.32 Å². The Kier molecular flexibility index (Phi) is 5.20. The smallest absolute Gasteiger partial charge is 0.165 e. The summed E-state index contributed by atoms with van der Waals surface area (Å²) in [6, 6.07) is 5.79. The van der Waals surface area contributed by atoms with Gasteiger partial charge in [-0.2, -0.15) is 0 Å². The number of nitrogens with one attached hydrogen (secondary N) is 1. The highest BCUT2D eigenvalue weighted by atomic mass is 19.1. The van der Waals surface area contributed by atoms with Crippen molar-refractivity contribution in [2.24, 2.45) is 5.92 Å². The fourth-order valence-corrected chi connectivity index (χ4v) is 2.20. The number of rotatable bonds is 8. The molecule has 1 saturated carbocycles. The van der Waals surface area contributed by atoms with Crippen LogP contribution < -0.4 is 10.1 Å². The molecule has 0 bridgehead atoms. The Hall–Kier alpha value is -1.09. The molecule has 0 spiro atoms. The summed E-state index contributed by atoms with van der Waals surface area (Å²) in [6.07, 6.45) is 4.72. The maximum Gasteiger partial charge on any atom is 0.165 e. The minimum Gasteiger partial charge on any atom is -0.490 e. The molecule has 1 fully saturated rings. The van der Waals surface area contributed by atoms with E-state index in [4.69, 9.17) is 4.74 Å². The molecule has 0 amide bonds. The van der Waals surface area contributed by atoms with Gasteiger partial charge in [0.15, 0.2) is 11.6 Å². The Morgan fingerprint density at radius 1 is 1.42 bits per heavy atom. The quantitative estimate of drug-likeness (QED) is 0.770. The van der Waals surface area contributed by atoms with Gasteiger partial charge in [-0.1, -0.05) is 32.4 Å². The predicted octanol–water partition coefficient (Wildman–Crippen LogP) is 3.89. The van der Waals surface area contributed by atoms with E-state index in [-0.39, 0.29) is 5.82 Å². The van der Waals surface area contributed by atoms with Gasteiger partial charge in [0, 0.05) is 18.2 Å². The van der Waals surface area contributed by atoms with Gasteiger partial charge in [-0.05, 0) is 31.2 Å². The first kappa shape index (κ1) is 14.3. The Morgan fingerprint density at radius 2 is 2.21 bits per heavy atom. The lowest BCUT2D eigenvalue weighted by Crippen LogP contribution is -2.17. The monoisotopic (exact) mass is 265 g/mol. The molecule has 1 atom stereocenters. The second-order valence-electron chi connectivity index (χ2n) is 5.59. The van der Waals surface area contributed by atoms with Crippen molar-refractivity contribution >= 4 is 0 Å². The van der Waals surface area contributed by atoms with E-state index >= 15 is 0 Å². The van der Waals surface area contributed by atoms with Crippen LogP contribution in [0.15, 0.2) is 18.2 Å². The van der Waals surface area contributed by atoms with Crippen LogP contribution in [0.5, 0.6) is 5.75 Å². The van der Waals surface area contributed by atoms with Crippen LogP contribution in [0.25, 0.3) is 0 Å². The van der Waals surface area contributed by atoms with Crippen LogP contribution in [0.1, 0.15) is 45.1 Å².